The van der Waals surface area contributed by atoms with E-state index in [9.17, 15) is 4.79 Å². The van der Waals surface area contributed by atoms with E-state index in [2.05, 4.69) is 6.42 Å². The molecule has 0 heterocycles. The second-order valence-corrected chi connectivity index (χ2v) is 0.541. The van der Waals surface area contributed by atoms with Gasteiger partial charge in [-0.1, -0.05) is 0 Å². The zero-order valence-electron chi connectivity index (χ0n) is 2.84. The minimum atomic E-state index is -1.06. The standard InChI is InChI=1S/C3HNO2/c1-2-3(5)4-6/h1H. The van der Waals surface area contributed by atoms with Crippen molar-refractivity contribution in [2.75, 3.05) is 0 Å². The smallest absolute Gasteiger partial charge is 0.254 e. The number of terminal acetylenes is 1. The largest absolute Gasteiger partial charge is 0.359 e. The van der Waals surface area contributed by atoms with Gasteiger partial charge in [-0.05, 0) is 5.92 Å². The number of hydrogen-bond donors (Lipinski definition) is 0. The first kappa shape index (κ1) is 4.83. The van der Waals surface area contributed by atoms with E-state index in [1.807, 2.05) is 5.18 Å². The van der Waals surface area contributed by atoms with Crippen molar-refractivity contribution in [2.24, 2.45) is 5.18 Å². The van der Waals surface area contributed by atoms with E-state index >= 15 is 0 Å². The average Bonchev–Trinajstić information content (AvgIpc) is 1.65. The molecule has 0 fully saturated rings. The van der Waals surface area contributed by atoms with Gasteiger partial charge in [0, 0.05) is 5.18 Å². The Morgan fingerprint density at radius 3 is 2.33 bits per heavy atom. The van der Waals surface area contributed by atoms with Crippen LogP contribution >= 0.6 is 0 Å². The van der Waals surface area contributed by atoms with Crippen LogP contribution in [0.1, 0.15) is 0 Å². The second-order valence-electron chi connectivity index (χ2n) is 0.541. The molecule has 0 bridgehead atoms. The highest BCUT2D eigenvalue weighted by molar-refractivity contribution is 5.93. The van der Waals surface area contributed by atoms with E-state index in [0.29, 0.717) is 0 Å². The molecule has 0 saturated carbocycles. The van der Waals surface area contributed by atoms with Crippen LogP contribution in [0, 0.1) is 17.3 Å². The van der Waals surface area contributed by atoms with Gasteiger partial charge in [-0.25, -0.2) is 0 Å². The fraction of sp³-hybridized carbons (Fsp3) is 0. The predicted molar refractivity (Wildman–Crippen MR) is 19.6 cm³/mol. The molecule has 6 heavy (non-hydrogen) atoms. The van der Waals surface area contributed by atoms with Gasteiger partial charge in [0.2, 0.25) is 0 Å². The van der Waals surface area contributed by atoms with Gasteiger partial charge in [0.05, 0.1) is 0 Å². The van der Waals surface area contributed by atoms with Crippen molar-refractivity contribution in [1.82, 2.24) is 0 Å². The highest BCUT2D eigenvalue weighted by Crippen LogP contribution is 1.62. The number of rotatable bonds is 0. The Kier molecular flexibility index (Phi) is 1.68. The van der Waals surface area contributed by atoms with E-state index in [-0.39, 0.29) is 0 Å². The molecule has 0 aliphatic carbocycles. The third-order valence-electron chi connectivity index (χ3n) is 0.206. The Balaban J connectivity index is 3.63. The molecular weight excluding hydrogens is 82.0 g/mol. The van der Waals surface area contributed by atoms with Crippen LogP contribution in [0.25, 0.3) is 0 Å². The second kappa shape index (κ2) is 2.09. The van der Waals surface area contributed by atoms with Gasteiger partial charge in [-0.2, -0.15) is 0 Å². The number of nitroso groups, excluding NO2 is 1. The lowest BCUT2D eigenvalue weighted by Crippen LogP contribution is -1.79. The fourth-order valence-electron chi connectivity index (χ4n) is 0.0264. The van der Waals surface area contributed by atoms with E-state index in [1.165, 1.54) is 5.92 Å². The molecule has 30 valence electrons. The maximum absolute atomic E-state index is 9.47. The van der Waals surface area contributed by atoms with Crippen molar-refractivity contribution in [2.45, 2.75) is 0 Å². The molecule has 0 N–H and O–H groups in total. The number of carbonyl (C=O) groups excluding carboxylic acids is 1. The van der Waals surface area contributed by atoms with Crippen molar-refractivity contribution in [3.8, 4) is 12.3 Å². The van der Waals surface area contributed by atoms with Gasteiger partial charge >= 0.3 is 5.91 Å². The van der Waals surface area contributed by atoms with Crippen LogP contribution in [0.15, 0.2) is 5.18 Å². The summed E-state index contributed by atoms with van der Waals surface area (Å²) in [5, 5.41) is 1.88. The highest BCUT2D eigenvalue weighted by Gasteiger charge is 1.84. The monoisotopic (exact) mass is 83.0 g/mol. The molecule has 3 nitrogen and oxygen atoms in total. The Morgan fingerprint density at radius 1 is 1.83 bits per heavy atom. The molecule has 0 aromatic carbocycles. The van der Waals surface area contributed by atoms with Gasteiger partial charge in [0.25, 0.3) is 0 Å². The third-order valence-corrected chi connectivity index (χ3v) is 0.206. The normalized spacial score (nSPS) is 5.83. The zero-order chi connectivity index (χ0) is 4.99. The molecule has 0 saturated heterocycles. The topological polar surface area (TPSA) is 46.5 Å². The Hall–Kier alpha value is -1.17. The van der Waals surface area contributed by atoms with Crippen LogP contribution in [-0.4, -0.2) is 5.91 Å². The third kappa shape index (κ3) is 1.18. The van der Waals surface area contributed by atoms with Crippen LogP contribution < -0.4 is 0 Å². The number of hydrogen-bond acceptors (Lipinski definition) is 2. The van der Waals surface area contributed by atoms with Crippen molar-refractivity contribution in [3.05, 3.63) is 4.91 Å². The number of carbonyl (C=O) groups is 1. The van der Waals surface area contributed by atoms with Gasteiger partial charge in [0.1, 0.15) is 0 Å². The first-order valence-corrected chi connectivity index (χ1v) is 1.15. The summed E-state index contributed by atoms with van der Waals surface area (Å²) in [6, 6.07) is 0. The predicted octanol–water partition coefficient (Wildman–Crippen LogP) is -0.0874. The quantitative estimate of drug-likeness (QED) is 0.303. The maximum atomic E-state index is 9.47. The Morgan fingerprint density at radius 2 is 2.33 bits per heavy atom. The summed E-state index contributed by atoms with van der Waals surface area (Å²) in [4.78, 5) is 18.5. The van der Waals surface area contributed by atoms with Gasteiger partial charge < -0.3 is 0 Å². The molecule has 0 atom stereocenters. The van der Waals surface area contributed by atoms with E-state index in [0.717, 1.165) is 0 Å². The minimum Gasteiger partial charge on any atom is -0.254 e. The molecule has 0 aromatic rings. The van der Waals surface area contributed by atoms with Crippen LogP contribution in [0.3, 0.4) is 0 Å². The van der Waals surface area contributed by atoms with Crippen molar-refractivity contribution in [3.63, 3.8) is 0 Å². The van der Waals surface area contributed by atoms with Crippen molar-refractivity contribution >= 4 is 5.91 Å². The lowest BCUT2D eigenvalue weighted by atomic mass is 10.7. The molecule has 0 unspecified atom stereocenters. The highest BCUT2D eigenvalue weighted by atomic mass is 16.3. The first-order valence-electron chi connectivity index (χ1n) is 1.15. The molecule has 3 heteroatoms. The molecule has 0 rings (SSSR count). The lowest BCUT2D eigenvalue weighted by molar-refractivity contribution is -0.112. The summed E-state index contributed by atoms with van der Waals surface area (Å²) in [5.74, 6) is 0.436. The molecule has 0 aliphatic heterocycles. The summed E-state index contributed by atoms with van der Waals surface area (Å²) in [6.07, 6.45) is 4.39. The summed E-state index contributed by atoms with van der Waals surface area (Å²) in [7, 11) is 0. The van der Waals surface area contributed by atoms with Crippen LogP contribution in [0.4, 0.5) is 0 Å². The molecule has 0 aliphatic rings. The SMILES string of the molecule is C#CC(=O)N=O. The van der Waals surface area contributed by atoms with Crippen LogP contribution in [0.2, 0.25) is 0 Å². The van der Waals surface area contributed by atoms with E-state index in [1.54, 1.807) is 0 Å². The molecule has 0 spiro atoms. The Bertz CT molecular complexity index is 110. The van der Waals surface area contributed by atoms with Crippen molar-refractivity contribution in [1.29, 1.82) is 0 Å². The maximum Gasteiger partial charge on any atom is 0.359 e. The van der Waals surface area contributed by atoms with Gasteiger partial charge in [-0.3, -0.25) is 4.79 Å². The average molecular weight is 83.0 g/mol. The van der Waals surface area contributed by atoms with Crippen molar-refractivity contribution < 1.29 is 4.79 Å². The van der Waals surface area contributed by atoms with Gasteiger partial charge in [-0.15, -0.1) is 11.3 Å². The van der Waals surface area contributed by atoms with Crippen LogP contribution in [-0.2, 0) is 4.79 Å². The molecule has 0 radical (unpaired) electrons. The Labute approximate surface area is 34.3 Å². The van der Waals surface area contributed by atoms with E-state index in [4.69, 9.17) is 4.91 Å². The van der Waals surface area contributed by atoms with E-state index < -0.39 is 5.91 Å². The molecular formula is C3HNO2. The summed E-state index contributed by atoms with van der Waals surface area (Å²) in [6.45, 7) is 0. The van der Waals surface area contributed by atoms with Gasteiger partial charge in [0.15, 0.2) is 0 Å². The molecule has 1 amide bonds. The summed E-state index contributed by atoms with van der Waals surface area (Å²) >= 11 is 0. The minimum absolute atomic E-state index is 1.06. The summed E-state index contributed by atoms with van der Waals surface area (Å²) < 4.78 is 0. The number of nitrogens with zero attached hydrogens (tertiary/aromatic N) is 1. The fourth-order valence-corrected chi connectivity index (χ4v) is 0.0264. The zero-order valence-corrected chi connectivity index (χ0v) is 2.84. The molecule has 0 aromatic heterocycles. The lowest BCUT2D eigenvalue weighted by Gasteiger charge is -1.57. The first-order chi connectivity index (χ1) is 2.81. The van der Waals surface area contributed by atoms with Crippen LogP contribution in [0.5, 0.6) is 0 Å². The summed E-state index contributed by atoms with van der Waals surface area (Å²) in [5.41, 5.74) is 0. The number of amides is 1.